The van der Waals surface area contributed by atoms with Gasteiger partial charge in [0.15, 0.2) is 9.84 Å². The predicted octanol–water partition coefficient (Wildman–Crippen LogP) is 0.740. The van der Waals surface area contributed by atoms with Crippen LogP contribution < -0.4 is 0 Å². The van der Waals surface area contributed by atoms with Gasteiger partial charge in [0, 0.05) is 0 Å². The van der Waals surface area contributed by atoms with Crippen LogP contribution in [0, 0.1) is 0 Å². The molecule has 0 radical (unpaired) electrons. The summed E-state index contributed by atoms with van der Waals surface area (Å²) < 4.78 is 5.80. The Labute approximate surface area is 95.0 Å². The van der Waals surface area contributed by atoms with Crippen LogP contribution in [0.3, 0.4) is 0 Å². The summed E-state index contributed by atoms with van der Waals surface area (Å²) in [5.41, 5.74) is 0. The van der Waals surface area contributed by atoms with Crippen molar-refractivity contribution in [1.29, 1.82) is 0 Å². The molecule has 1 aliphatic heterocycles. The molecule has 0 atom stereocenters. The summed E-state index contributed by atoms with van der Waals surface area (Å²) in [6, 6.07) is 0. The second kappa shape index (κ2) is 6.22. The van der Waals surface area contributed by atoms with Gasteiger partial charge in [-0.05, 0) is 25.9 Å². The molecule has 0 bridgehead atoms. The minimum Gasteiger partial charge on any atom is -0.366 e. The maximum Gasteiger partial charge on any atom is 0.159 e. The van der Waals surface area contributed by atoms with Crippen molar-refractivity contribution >= 4 is 27.8 Å². The third-order valence-electron chi connectivity index (χ3n) is 3.14. The molecule has 14 heavy (non-hydrogen) atoms. The summed E-state index contributed by atoms with van der Waals surface area (Å²) in [4.78, 5) is 0. The third kappa shape index (κ3) is 3.98. The lowest BCUT2D eigenvalue weighted by molar-refractivity contribution is 0.352. The molecule has 0 aromatic heterocycles. The van der Waals surface area contributed by atoms with Crippen LogP contribution in [0.4, 0.5) is 0 Å². The van der Waals surface area contributed by atoms with Crippen LogP contribution >= 0.6 is 0 Å². The smallest absolute Gasteiger partial charge is 0.159 e. The van der Waals surface area contributed by atoms with Crippen molar-refractivity contribution < 1.29 is 0 Å². The van der Waals surface area contributed by atoms with E-state index in [1.54, 1.807) is 0 Å². The van der Waals surface area contributed by atoms with Crippen molar-refractivity contribution in [3.05, 3.63) is 0 Å². The van der Waals surface area contributed by atoms with Crippen LogP contribution in [0.25, 0.3) is 0 Å². The van der Waals surface area contributed by atoms with Crippen molar-refractivity contribution in [1.82, 2.24) is 8.46 Å². The van der Waals surface area contributed by atoms with Crippen molar-refractivity contribution in [3.8, 4) is 0 Å². The number of hydrogen-bond donors (Lipinski definition) is 0. The quantitative estimate of drug-likeness (QED) is 0.675. The van der Waals surface area contributed by atoms with Crippen molar-refractivity contribution in [3.63, 3.8) is 0 Å². The largest absolute Gasteiger partial charge is 0.366 e. The Morgan fingerprint density at radius 3 is 1.86 bits per heavy atom. The molecule has 0 aliphatic carbocycles. The fraction of sp³-hybridized carbons (Fsp3) is 1.00. The molecule has 84 valence electrons. The SMILES string of the molecule is C[SiH](C)N([SiH2]N1CCCCC1)[SiH](C)C. The molecule has 5 heteroatoms. The third-order valence-corrected chi connectivity index (χ3v) is 16.1. The fourth-order valence-corrected chi connectivity index (χ4v) is 12.2. The summed E-state index contributed by atoms with van der Waals surface area (Å²) in [6.45, 7) is 12.8. The summed E-state index contributed by atoms with van der Waals surface area (Å²) in [5, 5.41) is 0. The lowest BCUT2D eigenvalue weighted by Crippen LogP contribution is -2.53. The van der Waals surface area contributed by atoms with Crippen LogP contribution in [0.2, 0.25) is 26.2 Å². The van der Waals surface area contributed by atoms with E-state index in [1.807, 2.05) is 0 Å². The molecule has 0 unspecified atom stereocenters. The van der Waals surface area contributed by atoms with Crippen molar-refractivity contribution in [2.45, 2.75) is 45.5 Å². The molecule has 1 heterocycles. The molecule has 0 aromatic rings. The van der Waals surface area contributed by atoms with Gasteiger partial charge in [-0.15, -0.1) is 0 Å². The molecule has 0 spiro atoms. The molecule has 1 saturated heterocycles. The zero-order valence-electron chi connectivity index (χ0n) is 10.3. The highest BCUT2D eigenvalue weighted by atomic mass is 28.4. The minimum atomic E-state index is -0.499. The first kappa shape index (κ1) is 12.6. The highest BCUT2D eigenvalue weighted by molar-refractivity contribution is 6.79. The Balaban J connectivity index is 2.37. The van der Waals surface area contributed by atoms with Crippen LogP contribution in [0.15, 0.2) is 0 Å². The van der Waals surface area contributed by atoms with Crippen molar-refractivity contribution in [2.24, 2.45) is 0 Å². The highest BCUT2D eigenvalue weighted by Gasteiger charge is 2.19. The topological polar surface area (TPSA) is 6.48 Å². The maximum atomic E-state index is 2.99. The van der Waals surface area contributed by atoms with Crippen LogP contribution in [0.1, 0.15) is 19.3 Å². The van der Waals surface area contributed by atoms with Gasteiger partial charge in [0.05, 0.1) is 17.9 Å². The average Bonchev–Trinajstić information content (AvgIpc) is 2.15. The highest BCUT2D eigenvalue weighted by Crippen LogP contribution is 2.09. The summed E-state index contributed by atoms with van der Waals surface area (Å²) >= 11 is 0. The zero-order valence-corrected chi connectivity index (χ0v) is 14.0. The van der Waals surface area contributed by atoms with Crippen LogP contribution in [-0.2, 0) is 0 Å². The van der Waals surface area contributed by atoms with Crippen LogP contribution in [-0.4, -0.2) is 49.3 Å². The molecule has 2 nitrogen and oxygen atoms in total. The van der Waals surface area contributed by atoms with Gasteiger partial charge < -0.3 is 8.46 Å². The standard InChI is InChI=1S/C9H26N2Si3/c1-13(2)11(14(3)4)12-10-8-6-5-7-9-10/h13-14H,5-9,12H2,1-4H3. The molecule has 0 N–H and O–H groups in total. The minimum absolute atomic E-state index is 0.0253. The molecule has 1 fully saturated rings. The number of piperidine rings is 1. The molecular formula is C9H26N2Si3. The van der Waals surface area contributed by atoms with E-state index >= 15 is 0 Å². The van der Waals surface area contributed by atoms with E-state index in [2.05, 4.69) is 34.7 Å². The first-order chi connectivity index (χ1) is 6.61. The van der Waals surface area contributed by atoms with E-state index in [0.717, 1.165) is 0 Å². The molecular weight excluding hydrogens is 220 g/mol. The van der Waals surface area contributed by atoms with Crippen LogP contribution in [0.5, 0.6) is 0 Å². The van der Waals surface area contributed by atoms with E-state index in [4.69, 9.17) is 0 Å². The normalized spacial score (nSPS) is 20.8. The summed E-state index contributed by atoms with van der Waals surface area (Å²) in [5.74, 6) is 0. The Morgan fingerprint density at radius 1 is 0.929 bits per heavy atom. The van der Waals surface area contributed by atoms with E-state index < -0.39 is 17.9 Å². The van der Waals surface area contributed by atoms with Gasteiger partial charge in [-0.1, -0.05) is 32.6 Å². The monoisotopic (exact) mass is 246 g/mol. The van der Waals surface area contributed by atoms with E-state index in [-0.39, 0.29) is 9.84 Å². The van der Waals surface area contributed by atoms with Gasteiger partial charge in [0.25, 0.3) is 0 Å². The average molecular weight is 247 g/mol. The molecule has 0 saturated carbocycles. The molecule has 0 aromatic carbocycles. The Bertz CT molecular complexity index is 150. The molecule has 1 aliphatic rings. The molecule has 0 amide bonds. The first-order valence-electron chi connectivity index (χ1n) is 6.09. The lowest BCUT2D eigenvalue weighted by atomic mass is 10.2. The lowest BCUT2D eigenvalue weighted by Gasteiger charge is -2.36. The Morgan fingerprint density at radius 2 is 1.43 bits per heavy atom. The maximum absolute atomic E-state index is 2.99. The Kier molecular flexibility index (Phi) is 5.61. The second-order valence-corrected chi connectivity index (χ2v) is 14.7. The zero-order chi connectivity index (χ0) is 10.6. The van der Waals surface area contributed by atoms with Gasteiger partial charge in [-0.3, -0.25) is 0 Å². The number of hydrogen-bond acceptors (Lipinski definition) is 2. The second-order valence-electron chi connectivity index (χ2n) is 5.02. The summed E-state index contributed by atoms with van der Waals surface area (Å²) in [6.07, 6.45) is 4.39. The fourth-order valence-electron chi connectivity index (χ4n) is 2.25. The van der Waals surface area contributed by atoms with Gasteiger partial charge in [-0.25, -0.2) is 0 Å². The number of rotatable bonds is 4. The van der Waals surface area contributed by atoms with Gasteiger partial charge in [0.2, 0.25) is 0 Å². The first-order valence-corrected chi connectivity index (χ1v) is 13.0. The van der Waals surface area contributed by atoms with Gasteiger partial charge in [-0.2, -0.15) is 0 Å². The predicted molar refractivity (Wildman–Crippen MR) is 73.6 cm³/mol. The van der Waals surface area contributed by atoms with Gasteiger partial charge in [0.1, 0.15) is 0 Å². The van der Waals surface area contributed by atoms with Crippen molar-refractivity contribution in [2.75, 3.05) is 13.1 Å². The molecule has 1 rings (SSSR count). The van der Waals surface area contributed by atoms with E-state index in [0.29, 0.717) is 0 Å². The van der Waals surface area contributed by atoms with E-state index in [9.17, 15) is 0 Å². The summed E-state index contributed by atoms with van der Waals surface area (Å²) in [7, 11) is -1.02. The number of nitrogens with zero attached hydrogens (tertiary/aromatic N) is 2. The Hall–Kier alpha value is 0.571. The van der Waals surface area contributed by atoms with Gasteiger partial charge >= 0.3 is 0 Å². The van der Waals surface area contributed by atoms with E-state index in [1.165, 1.54) is 32.4 Å².